The van der Waals surface area contributed by atoms with Crippen molar-refractivity contribution < 1.29 is 24.7 Å². The number of hydrogen-bond donors (Lipinski definition) is 3. The van der Waals surface area contributed by atoms with Gasteiger partial charge in [0.2, 0.25) is 5.82 Å². The lowest BCUT2D eigenvalue weighted by atomic mass is 10.2. The molecule has 9 nitrogen and oxygen atoms in total. The van der Waals surface area contributed by atoms with Gasteiger partial charge in [-0.2, -0.15) is 0 Å². The number of carboxylic acid groups (broad SMARTS) is 1. The SMILES string of the molecule is COCC(CO)Nc1ncc(C(=O)O)cc1[N+](=O)[O-]. The van der Waals surface area contributed by atoms with E-state index in [-0.39, 0.29) is 24.6 Å². The van der Waals surface area contributed by atoms with Crippen molar-refractivity contribution in [2.24, 2.45) is 0 Å². The van der Waals surface area contributed by atoms with E-state index in [0.717, 1.165) is 12.3 Å². The quantitative estimate of drug-likeness (QED) is 0.469. The van der Waals surface area contributed by atoms with E-state index in [4.69, 9.17) is 14.9 Å². The van der Waals surface area contributed by atoms with Gasteiger partial charge in [0.15, 0.2) is 0 Å². The van der Waals surface area contributed by atoms with E-state index in [2.05, 4.69) is 10.3 Å². The number of nitrogens with zero attached hydrogens (tertiary/aromatic N) is 2. The van der Waals surface area contributed by atoms with Crippen molar-refractivity contribution in [3.8, 4) is 0 Å². The van der Waals surface area contributed by atoms with Crippen LogP contribution in [0.5, 0.6) is 0 Å². The summed E-state index contributed by atoms with van der Waals surface area (Å²) in [5.41, 5.74) is -0.765. The Bertz CT molecular complexity index is 478. The van der Waals surface area contributed by atoms with Crippen LogP contribution in [-0.2, 0) is 4.74 Å². The topological polar surface area (TPSA) is 135 Å². The largest absolute Gasteiger partial charge is 0.478 e. The summed E-state index contributed by atoms with van der Waals surface area (Å²) < 4.78 is 4.82. The van der Waals surface area contributed by atoms with E-state index in [1.165, 1.54) is 7.11 Å². The predicted molar refractivity (Wildman–Crippen MR) is 64.2 cm³/mol. The molecule has 1 aromatic heterocycles. The lowest BCUT2D eigenvalue weighted by molar-refractivity contribution is -0.384. The summed E-state index contributed by atoms with van der Waals surface area (Å²) in [6.07, 6.45) is 0.999. The number of methoxy groups -OCH3 is 1. The Balaban J connectivity index is 3.06. The molecule has 9 heteroatoms. The molecule has 1 aromatic rings. The summed E-state index contributed by atoms with van der Waals surface area (Å²) in [5, 5.41) is 31.3. The van der Waals surface area contributed by atoms with Crippen molar-refractivity contribution in [2.45, 2.75) is 6.04 Å². The van der Waals surface area contributed by atoms with E-state index in [1.807, 2.05) is 0 Å². The minimum atomic E-state index is -1.31. The highest BCUT2D eigenvalue weighted by atomic mass is 16.6. The van der Waals surface area contributed by atoms with Crippen molar-refractivity contribution in [3.63, 3.8) is 0 Å². The molecule has 0 aliphatic rings. The second-order valence-corrected chi connectivity index (χ2v) is 3.63. The number of nitro groups is 1. The highest BCUT2D eigenvalue weighted by molar-refractivity contribution is 5.88. The smallest absolute Gasteiger partial charge is 0.337 e. The summed E-state index contributed by atoms with van der Waals surface area (Å²) >= 11 is 0. The minimum Gasteiger partial charge on any atom is -0.478 e. The van der Waals surface area contributed by atoms with Crippen LogP contribution in [0.4, 0.5) is 11.5 Å². The number of carboxylic acids is 1. The normalized spacial score (nSPS) is 11.9. The molecule has 19 heavy (non-hydrogen) atoms. The highest BCUT2D eigenvalue weighted by Crippen LogP contribution is 2.23. The average Bonchev–Trinajstić information content (AvgIpc) is 2.37. The molecule has 0 aliphatic heterocycles. The standard InChI is InChI=1S/C10H13N3O6/c1-19-5-7(4-14)12-9-8(13(17)18)2-6(3-11-9)10(15)16/h2-3,7,14H,4-5H2,1H3,(H,11,12)(H,15,16). The van der Waals surface area contributed by atoms with E-state index in [9.17, 15) is 14.9 Å². The van der Waals surface area contributed by atoms with Crippen molar-refractivity contribution in [2.75, 3.05) is 25.6 Å². The average molecular weight is 271 g/mol. The van der Waals surface area contributed by atoms with Gasteiger partial charge in [0.05, 0.1) is 29.7 Å². The summed E-state index contributed by atoms with van der Waals surface area (Å²) in [7, 11) is 1.42. The molecule has 0 saturated carbocycles. The zero-order valence-electron chi connectivity index (χ0n) is 10.1. The predicted octanol–water partition coefficient (Wildman–Crippen LogP) is 0.107. The van der Waals surface area contributed by atoms with Crippen LogP contribution >= 0.6 is 0 Å². The number of aromatic carboxylic acids is 1. The molecule has 0 spiro atoms. The first-order chi connectivity index (χ1) is 8.99. The second-order valence-electron chi connectivity index (χ2n) is 3.63. The lowest BCUT2D eigenvalue weighted by Crippen LogP contribution is -2.29. The van der Waals surface area contributed by atoms with Crippen molar-refractivity contribution in [3.05, 3.63) is 27.9 Å². The number of nitrogens with one attached hydrogen (secondary N) is 1. The summed E-state index contributed by atoms with van der Waals surface area (Å²) in [5.74, 6) is -1.43. The Morgan fingerprint density at radius 2 is 2.37 bits per heavy atom. The fourth-order valence-electron chi connectivity index (χ4n) is 1.36. The van der Waals surface area contributed by atoms with Crippen LogP contribution < -0.4 is 5.32 Å². The zero-order chi connectivity index (χ0) is 14.4. The molecule has 0 bridgehead atoms. The Kier molecular flexibility index (Phi) is 5.15. The fraction of sp³-hybridized carbons (Fsp3) is 0.400. The Morgan fingerprint density at radius 3 is 2.84 bits per heavy atom. The van der Waals surface area contributed by atoms with Gasteiger partial charge in [-0.3, -0.25) is 10.1 Å². The van der Waals surface area contributed by atoms with Gasteiger partial charge >= 0.3 is 11.7 Å². The van der Waals surface area contributed by atoms with Crippen molar-refractivity contribution in [1.82, 2.24) is 4.98 Å². The van der Waals surface area contributed by atoms with Crippen LogP contribution in [0.1, 0.15) is 10.4 Å². The molecule has 0 radical (unpaired) electrons. The van der Waals surface area contributed by atoms with Gasteiger partial charge < -0.3 is 20.3 Å². The molecular formula is C10H13N3O6. The van der Waals surface area contributed by atoms with Crippen LogP contribution in [0.2, 0.25) is 0 Å². The number of aliphatic hydroxyl groups excluding tert-OH is 1. The molecule has 104 valence electrons. The molecule has 0 aliphatic carbocycles. The minimum absolute atomic E-state index is 0.119. The first-order valence-electron chi connectivity index (χ1n) is 5.23. The van der Waals surface area contributed by atoms with E-state index in [1.54, 1.807) is 0 Å². The fourth-order valence-corrected chi connectivity index (χ4v) is 1.36. The van der Waals surface area contributed by atoms with Crippen LogP contribution in [0.3, 0.4) is 0 Å². The van der Waals surface area contributed by atoms with Crippen LogP contribution in [0.15, 0.2) is 12.3 Å². The molecule has 1 rings (SSSR count). The molecule has 1 heterocycles. The Labute approximate surface area is 108 Å². The number of ether oxygens (including phenoxy) is 1. The van der Waals surface area contributed by atoms with Crippen LogP contribution in [-0.4, -0.2) is 52.5 Å². The maximum absolute atomic E-state index is 10.9. The molecule has 1 atom stereocenters. The number of anilines is 1. The number of aliphatic hydroxyl groups is 1. The molecular weight excluding hydrogens is 258 g/mol. The maximum atomic E-state index is 10.9. The van der Waals surface area contributed by atoms with Crippen LogP contribution in [0.25, 0.3) is 0 Å². The monoisotopic (exact) mass is 271 g/mol. The first-order valence-corrected chi connectivity index (χ1v) is 5.23. The number of aromatic nitrogens is 1. The van der Waals surface area contributed by atoms with E-state index in [0.29, 0.717) is 0 Å². The molecule has 1 unspecified atom stereocenters. The van der Waals surface area contributed by atoms with Crippen molar-refractivity contribution in [1.29, 1.82) is 0 Å². The maximum Gasteiger partial charge on any atom is 0.337 e. The molecule has 0 aromatic carbocycles. The highest BCUT2D eigenvalue weighted by Gasteiger charge is 2.21. The zero-order valence-corrected chi connectivity index (χ0v) is 10.1. The summed E-state index contributed by atoms with van der Waals surface area (Å²) in [6.45, 7) is -0.191. The Hall–Kier alpha value is -2.26. The molecule has 3 N–H and O–H groups in total. The Morgan fingerprint density at radius 1 is 1.68 bits per heavy atom. The van der Waals surface area contributed by atoms with Crippen molar-refractivity contribution >= 4 is 17.5 Å². The number of rotatable bonds is 7. The molecule has 0 amide bonds. The van der Waals surface area contributed by atoms with Gasteiger partial charge in [0.1, 0.15) is 0 Å². The summed E-state index contributed by atoms with van der Waals surface area (Å²) in [4.78, 5) is 24.5. The lowest BCUT2D eigenvalue weighted by Gasteiger charge is -2.15. The van der Waals surface area contributed by atoms with Gasteiger partial charge in [0, 0.05) is 19.4 Å². The molecule has 0 saturated heterocycles. The van der Waals surface area contributed by atoms with Gasteiger partial charge in [-0.1, -0.05) is 0 Å². The number of pyridine rings is 1. The third-order valence-electron chi connectivity index (χ3n) is 2.24. The van der Waals surface area contributed by atoms with E-state index < -0.39 is 22.6 Å². The summed E-state index contributed by atoms with van der Waals surface area (Å²) in [6, 6.07) is 0.325. The number of hydrogen-bond acceptors (Lipinski definition) is 7. The third-order valence-corrected chi connectivity index (χ3v) is 2.24. The van der Waals surface area contributed by atoms with Gasteiger partial charge in [-0.15, -0.1) is 0 Å². The molecule has 0 fully saturated rings. The van der Waals surface area contributed by atoms with E-state index >= 15 is 0 Å². The van der Waals surface area contributed by atoms with Gasteiger partial charge in [-0.05, 0) is 0 Å². The van der Waals surface area contributed by atoms with Gasteiger partial charge in [0.25, 0.3) is 0 Å². The second kappa shape index (κ2) is 6.61. The number of carbonyl (C=O) groups is 1. The first kappa shape index (κ1) is 14.8. The third kappa shape index (κ3) is 3.86. The van der Waals surface area contributed by atoms with Crippen LogP contribution in [0, 0.1) is 10.1 Å². The van der Waals surface area contributed by atoms with Gasteiger partial charge in [-0.25, -0.2) is 9.78 Å².